The van der Waals surface area contributed by atoms with Crippen molar-refractivity contribution in [1.82, 2.24) is 4.98 Å². The van der Waals surface area contributed by atoms with Gasteiger partial charge in [-0.1, -0.05) is 36.3 Å². The van der Waals surface area contributed by atoms with E-state index >= 15 is 0 Å². The van der Waals surface area contributed by atoms with Gasteiger partial charge in [-0.25, -0.2) is 4.79 Å². The fraction of sp³-hybridized carbons (Fsp3) is 0.188. The third-order valence-corrected chi connectivity index (χ3v) is 3.22. The monoisotopic (exact) mass is 331 g/mol. The maximum atomic E-state index is 12.1. The minimum atomic E-state index is -0.364. The van der Waals surface area contributed by atoms with E-state index in [1.807, 2.05) is 44.2 Å². The summed E-state index contributed by atoms with van der Waals surface area (Å²) >= 11 is 3.07. The van der Waals surface area contributed by atoms with E-state index in [1.54, 1.807) is 0 Å². The van der Waals surface area contributed by atoms with E-state index in [1.165, 1.54) is 0 Å². The molecule has 0 aliphatic rings. The molecule has 0 atom stereocenters. The minimum absolute atomic E-state index is 0.261. The summed E-state index contributed by atoms with van der Waals surface area (Å²) in [6, 6.07) is 9.59. The fourth-order valence-electron chi connectivity index (χ4n) is 1.98. The Bertz CT molecular complexity index is 678. The Balaban J connectivity index is 2.13. The second-order valence-electron chi connectivity index (χ2n) is 4.41. The van der Waals surface area contributed by atoms with Crippen LogP contribution in [-0.4, -0.2) is 11.0 Å². The number of esters is 1. The van der Waals surface area contributed by atoms with E-state index < -0.39 is 0 Å². The molecular formula is C16H14BrNO2. The summed E-state index contributed by atoms with van der Waals surface area (Å²) in [5.41, 5.74) is 3.92. The van der Waals surface area contributed by atoms with Crippen molar-refractivity contribution in [2.75, 3.05) is 0 Å². The number of aromatic amines is 1. The van der Waals surface area contributed by atoms with Crippen LogP contribution in [-0.2, 0) is 11.3 Å². The van der Waals surface area contributed by atoms with Gasteiger partial charge in [-0.3, -0.25) is 0 Å². The van der Waals surface area contributed by atoms with E-state index in [9.17, 15) is 4.79 Å². The smallest absolute Gasteiger partial charge is 0.355 e. The van der Waals surface area contributed by atoms with Crippen molar-refractivity contribution in [3.8, 4) is 10.8 Å². The fourth-order valence-corrected chi connectivity index (χ4v) is 2.18. The highest BCUT2D eigenvalue weighted by Crippen LogP contribution is 2.18. The predicted molar refractivity (Wildman–Crippen MR) is 81.6 cm³/mol. The lowest BCUT2D eigenvalue weighted by Crippen LogP contribution is -2.07. The molecule has 4 heteroatoms. The van der Waals surface area contributed by atoms with Crippen LogP contribution in [0.5, 0.6) is 0 Å². The zero-order valence-corrected chi connectivity index (χ0v) is 12.9. The number of aryl methyl sites for hydroxylation is 1. The first-order valence-electron chi connectivity index (χ1n) is 6.15. The Morgan fingerprint density at radius 1 is 1.30 bits per heavy atom. The summed E-state index contributed by atoms with van der Waals surface area (Å²) in [6.07, 6.45) is 0. The highest BCUT2D eigenvalue weighted by Gasteiger charge is 2.17. The molecule has 102 valence electrons. The van der Waals surface area contributed by atoms with Gasteiger partial charge < -0.3 is 9.72 Å². The number of carbonyl (C=O) groups is 1. The number of rotatable bonds is 3. The molecule has 0 fully saturated rings. The average Bonchev–Trinajstić information content (AvgIpc) is 2.74. The van der Waals surface area contributed by atoms with Crippen LogP contribution >= 0.6 is 15.9 Å². The largest absolute Gasteiger partial charge is 0.456 e. The molecule has 1 N–H and O–H groups in total. The van der Waals surface area contributed by atoms with E-state index in [-0.39, 0.29) is 12.6 Å². The molecule has 0 aliphatic carbocycles. The van der Waals surface area contributed by atoms with Gasteiger partial charge in [0, 0.05) is 27.2 Å². The van der Waals surface area contributed by atoms with Gasteiger partial charge in [-0.05, 0) is 29.8 Å². The van der Waals surface area contributed by atoms with Crippen LogP contribution in [0.1, 0.15) is 32.9 Å². The molecule has 3 nitrogen and oxygen atoms in total. The van der Waals surface area contributed by atoms with Crippen molar-refractivity contribution < 1.29 is 9.53 Å². The predicted octanol–water partition coefficient (Wildman–Crippen LogP) is 3.69. The molecule has 0 amide bonds. The summed E-state index contributed by atoms with van der Waals surface area (Å²) in [5, 5.41) is 0. The summed E-state index contributed by atoms with van der Waals surface area (Å²) < 4.78 is 5.31. The van der Waals surface area contributed by atoms with Crippen LogP contribution in [0.2, 0.25) is 0 Å². The molecule has 20 heavy (non-hydrogen) atoms. The highest BCUT2D eigenvalue weighted by atomic mass is 79.9. The van der Waals surface area contributed by atoms with Gasteiger partial charge in [0.25, 0.3) is 0 Å². The Labute approximate surface area is 126 Å². The van der Waals surface area contributed by atoms with Crippen molar-refractivity contribution >= 4 is 21.9 Å². The number of H-pyrrole nitrogens is 1. The molecule has 0 saturated carbocycles. The molecule has 0 bridgehead atoms. The molecule has 0 unspecified atom stereocenters. The maximum absolute atomic E-state index is 12.1. The zero-order valence-electron chi connectivity index (χ0n) is 11.3. The van der Waals surface area contributed by atoms with Crippen LogP contribution in [0.3, 0.4) is 0 Å². The lowest BCUT2D eigenvalue weighted by atomic mass is 10.1. The number of hydrogen-bond acceptors (Lipinski definition) is 2. The van der Waals surface area contributed by atoms with E-state index in [0.29, 0.717) is 5.69 Å². The molecule has 1 aromatic heterocycles. The van der Waals surface area contributed by atoms with Crippen molar-refractivity contribution in [3.63, 3.8) is 0 Å². The van der Waals surface area contributed by atoms with Gasteiger partial charge in [-0.2, -0.15) is 0 Å². The van der Waals surface area contributed by atoms with Gasteiger partial charge in [0.2, 0.25) is 0 Å². The van der Waals surface area contributed by atoms with Crippen LogP contribution in [0, 0.1) is 24.6 Å². The van der Waals surface area contributed by atoms with Crippen LogP contribution in [0.15, 0.2) is 30.3 Å². The number of ether oxygens (including phenoxy) is 1. The summed E-state index contributed by atoms with van der Waals surface area (Å²) in [5.74, 6) is 2.56. The maximum Gasteiger partial charge on any atom is 0.355 e. The zero-order chi connectivity index (χ0) is 14.5. The molecule has 0 aliphatic heterocycles. The van der Waals surface area contributed by atoms with Crippen molar-refractivity contribution in [2.24, 2.45) is 0 Å². The molecule has 2 aromatic rings. The number of benzene rings is 1. The van der Waals surface area contributed by atoms with E-state index in [0.717, 1.165) is 22.4 Å². The molecular weight excluding hydrogens is 318 g/mol. The van der Waals surface area contributed by atoms with E-state index in [2.05, 4.69) is 31.7 Å². The van der Waals surface area contributed by atoms with Crippen molar-refractivity contribution in [3.05, 3.63) is 58.4 Å². The Kier molecular flexibility index (Phi) is 4.65. The van der Waals surface area contributed by atoms with E-state index in [4.69, 9.17) is 4.74 Å². The van der Waals surface area contributed by atoms with Crippen LogP contribution < -0.4 is 0 Å². The van der Waals surface area contributed by atoms with Crippen LogP contribution in [0.4, 0.5) is 0 Å². The Morgan fingerprint density at radius 3 is 2.65 bits per heavy atom. The Morgan fingerprint density at radius 2 is 2.00 bits per heavy atom. The second kappa shape index (κ2) is 6.44. The first-order chi connectivity index (χ1) is 9.63. The number of hydrogen-bond donors (Lipinski definition) is 1. The lowest BCUT2D eigenvalue weighted by molar-refractivity contribution is 0.0465. The third kappa shape index (κ3) is 3.12. The summed E-state index contributed by atoms with van der Waals surface area (Å²) in [6.45, 7) is 4.00. The number of carbonyl (C=O) groups excluding carboxylic acids is 1. The molecule has 2 rings (SSSR count). The van der Waals surface area contributed by atoms with Gasteiger partial charge in [0.15, 0.2) is 0 Å². The van der Waals surface area contributed by atoms with Crippen molar-refractivity contribution in [1.29, 1.82) is 0 Å². The first kappa shape index (κ1) is 14.4. The van der Waals surface area contributed by atoms with Gasteiger partial charge in [-0.15, -0.1) is 0 Å². The lowest BCUT2D eigenvalue weighted by Gasteiger charge is -2.04. The molecule has 0 saturated heterocycles. The quantitative estimate of drug-likeness (QED) is 0.688. The molecule has 0 spiro atoms. The third-order valence-electron chi connectivity index (χ3n) is 3.03. The Hall–Kier alpha value is -1.99. The number of aromatic nitrogens is 1. The molecule has 0 radical (unpaired) electrons. The molecule has 1 heterocycles. The topological polar surface area (TPSA) is 42.1 Å². The second-order valence-corrected chi connectivity index (χ2v) is 4.80. The SMILES string of the molecule is Cc1[nH]c(C(=O)OCc2ccccc2)c(C)c1C#CBr. The van der Waals surface area contributed by atoms with Gasteiger partial charge >= 0.3 is 5.97 Å². The average molecular weight is 332 g/mol. The van der Waals surface area contributed by atoms with Gasteiger partial charge in [0.05, 0.1) is 0 Å². The first-order valence-corrected chi connectivity index (χ1v) is 6.94. The van der Waals surface area contributed by atoms with Crippen LogP contribution in [0.25, 0.3) is 0 Å². The standard InChI is InChI=1S/C16H14BrNO2/c1-11-14(8-9-17)12(2)18-15(11)16(19)20-10-13-6-4-3-5-7-13/h3-7,18H,10H2,1-2H3. The normalized spacial score (nSPS) is 9.75. The number of halogens is 1. The number of nitrogens with one attached hydrogen (secondary N) is 1. The molecule has 1 aromatic carbocycles. The minimum Gasteiger partial charge on any atom is -0.456 e. The summed E-state index contributed by atoms with van der Waals surface area (Å²) in [7, 11) is 0. The van der Waals surface area contributed by atoms with Crippen molar-refractivity contribution in [2.45, 2.75) is 20.5 Å². The summed E-state index contributed by atoms with van der Waals surface area (Å²) in [4.78, 5) is 17.8. The van der Waals surface area contributed by atoms with Gasteiger partial charge in [0.1, 0.15) is 12.3 Å². The highest BCUT2D eigenvalue weighted by molar-refractivity contribution is 9.12.